The van der Waals surface area contributed by atoms with Crippen LogP contribution in [0.15, 0.2) is 71.6 Å². The normalized spacial score (nSPS) is 17.6. The number of hydrogen-bond acceptors (Lipinski definition) is 3. The van der Waals surface area contributed by atoms with Gasteiger partial charge in [0, 0.05) is 17.1 Å². The number of aliphatic hydroxyl groups is 1. The van der Waals surface area contributed by atoms with E-state index in [1.165, 1.54) is 11.1 Å². The van der Waals surface area contributed by atoms with Gasteiger partial charge in [-0.05, 0) is 42.0 Å². The quantitative estimate of drug-likeness (QED) is 0.639. The average Bonchev–Trinajstić information content (AvgIpc) is 3.21. The Hall–Kier alpha value is -2.36. The molecule has 1 aliphatic rings. The smallest absolute Gasteiger partial charge is 0.147 e. The lowest BCUT2D eigenvalue weighted by Gasteiger charge is -2.33. The van der Waals surface area contributed by atoms with E-state index in [1.807, 2.05) is 36.6 Å². The largest absolute Gasteiger partial charge is 0.455 e. The van der Waals surface area contributed by atoms with Crippen molar-refractivity contribution in [3.05, 3.63) is 93.2 Å². The van der Waals surface area contributed by atoms with E-state index in [9.17, 15) is 5.11 Å². The molecule has 0 radical (unpaired) electrons. The second-order valence-corrected chi connectivity index (χ2v) is 7.56. The van der Waals surface area contributed by atoms with E-state index < -0.39 is 6.10 Å². The Morgan fingerprint density at radius 1 is 1.00 bits per heavy atom. The van der Waals surface area contributed by atoms with Gasteiger partial charge in [-0.2, -0.15) is 0 Å². The van der Waals surface area contributed by atoms with Crippen LogP contribution < -0.4 is 4.74 Å². The minimum absolute atomic E-state index is 0.00630. The third-order valence-electron chi connectivity index (χ3n) is 5.01. The predicted octanol–water partition coefficient (Wildman–Crippen LogP) is 5.76. The van der Waals surface area contributed by atoms with Crippen LogP contribution in [0.1, 0.15) is 40.8 Å². The summed E-state index contributed by atoms with van der Waals surface area (Å²) in [7, 11) is 0. The Morgan fingerprint density at radius 3 is 2.42 bits per heavy atom. The van der Waals surface area contributed by atoms with Crippen molar-refractivity contribution in [3.8, 4) is 5.75 Å². The Balaban J connectivity index is 2.01. The van der Waals surface area contributed by atoms with Gasteiger partial charge < -0.3 is 9.84 Å². The van der Waals surface area contributed by atoms with E-state index in [2.05, 4.69) is 43.3 Å². The van der Waals surface area contributed by atoms with Crippen LogP contribution in [0.2, 0.25) is 0 Å². The van der Waals surface area contributed by atoms with Gasteiger partial charge in [0.25, 0.3) is 0 Å². The first kappa shape index (κ1) is 17.1. The molecule has 0 spiro atoms. The minimum Gasteiger partial charge on any atom is -0.455 e. The summed E-state index contributed by atoms with van der Waals surface area (Å²) in [6.07, 6.45) is 0.100. The molecule has 1 aromatic heterocycles. The zero-order chi connectivity index (χ0) is 18.1. The van der Waals surface area contributed by atoms with Gasteiger partial charge in [0.05, 0.1) is 11.0 Å². The van der Waals surface area contributed by atoms with Crippen molar-refractivity contribution in [2.45, 2.75) is 32.3 Å². The second kappa shape index (κ2) is 7.10. The second-order valence-electron chi connectivity index (χ2n) is 6.62. The third kappa shape index (κ3) is 2.87. The summed E-state index contributed by atoms with van der Waals surface area (Å²) in [5.41, 5.74) is 4.52. The zero-order valence-electron chi connectivity index (χ0n) is 15.0. The summed E-state index contributed by atoms with van der Waals surface area (Å²) < 4.78 is 6.33. The molecule has 1 aliphatic heterocycles. The van der Waals surface area contributed by atoms with Crippen molar-refractivity contribution in [2.24, 2.45) is 0 Å². The SMILES string of the molecule is CC[C@@H](O)C1=C(c2cccs2)Oc2ccccc2[C@H]1c1ccccc1C. The molecule has 2 aromatic carbocycles. The Kier molecular flexibility index (Phi) is 4.66. The number of aryl methyl sites for hydroxylation is 1. The molecule has 132 valence electrons. The van der Waals surface area contributed by atoms with Gasteiger partial charge in [0.15, 0.2) is 0 Å². The topological polar surface area (TPSA) is 29.5 Å². The third-order valence-corrected chi connectivity index (χ3v) is 5.87. The molecule has 2 nitrogen and oxygen atoms in total. The fourth-order valence-electron chi connectivity index (χ4n) is 3.69. The maximum atomic E-state index is 11.0. The molecule has 2 atom stereocenters. The molecule has 3 heteroatoms. The molecule has 0 fully saturated rings. The van der Waals surface area contributed by atoms with Crippen molar-refractivity contribution >= 4 is 17.1 Å². The van der Waals surface area contributed by atoms with Gasteiger partial charge in [-0.15, -0.1) is 11.3 Å². The molecule has 26 heavy (non-hydrogen) atoms. The van der Waals surface area contributed by atoms with E-state index in [0.717, 1.165) is 27.5 Å². The van der Waals surface area contributed by atoms with Gasteiger partial charge in [-0.25, -0.2) is 0 Å². The Morgan fingerprint density at radius 2 is 1.73 bits per heavy atom. The van der Waals surface area contributed by atoms with Crippen molar-refractivity contribution in [3.63, 3.8) is 0 Å². The van der Waals surface area contributed by atoms with E-state index in [-0.39, 0.29) is 5.92 Å². The molecule has 1 N–H and O–H groups in total. The Labute approximate surface area is 158 Å². The summed E-state index contributed by atoms with van der Waals surface area (Å²) in [5.74, 6) is 1.67. The molecule has 0 aliphatic carbocycles. The van der Waals surface area contributed by atoms with Gasteiger partial charge in [0.2, 0.25) is 0 Å². The van der Waals surface area contributed by atoms with Crippen LogP contribution in [0.5, 0.6) is 5.75 Å². The number of fused-ring (bicyclic) bond motifs is 1. The molecule has 3 aromatic rings. The number of aliphatic hydroxyl groups excluding tert-OH is 1. The number of ether oxygens (including phenoxy) is 1. The van der Waals surface area contributed by atoms with E-state index in [4.69, 9.17) is 4.74 Å². The summed E-state index contributed by atoms with van der Waals surface area (Å²) in [5, 5.41) is 13.0. The first-order valence-electron chi connectivity index (χ1n) is 8.99. The lowest BCUT2D eigenvalue weighted by atomic mass is 9.77. The number of thiophene rings is 1. The average molecular weight is 362 g/mol. The molecule has 2 heterocycles. The molecule has 4 rings (SSSR count). The highest BCUT2D eigenvalue weighted by Crippen LogP contribution is 2.48. The van der Waals surface area contributed by atoms with Crippen LogP contribution in [0.4, 0.5) is 0 Å². The summed E-state index contributed by atoms with van der Waals surface area (Å²) in [6, 6.07) is 20.7. The Bertz CT molecular complexity index is 940. The minimum atomic E-state index is -0.551. The molecular formula is C23H22O2S. The summed E-state index contributed by atoms with van der Waals surface area (Å²) in [4.78, 5) is 1.06. The van der Waals surface area contributed by atoms with Crippen molar-refractivity contribution < 1.29 is 9.84 Å². The standard InChI is InChI=1S/C23H22O2S/c1-3-18(24)22-21(16-10-5-4-9-15(16)2)17-11-6-7-12-19(17)25-23(22)20-13-8-14-26-20/h4-14,18,21,24H,3H2,1-2H3/t18-,21-/m1/s1. The maximum Gasteiger partial charge on any atom is 0.147 e. The van der Waals surface area contributed by atoms with Crippen LogP contribution in [0.3, 0.4) is 0 Å². The first-order chi connectivity index (χ1) is 12.7. The number of rotatable bonds is 4. The van der Waals surface area contributed by atoms with Crippen LogP contribution in [-0.2, 0) is 0 Å². The van der Waals surface area contributed by atoms with Gasteiger partial charge in [-0.1, -0.05) is 55.5 Å². The number of benzene rings is 2. The molecule has 0 saturated heterocycles. The maximum absolute atomic E-state index is 11.0. The fraction of sp³-hybridized carbons (Fsp3) is 0.217. The molecule has 0 amide bonds. The van der Waals surface area contributed by atoms with Gasteiger partial charge in [0.1, 0.15) is 11.5 Å². The van der Waals surface area contributed by atoms with E-state index in [0.29, 0.717) is 6.42 Å². The highest BCUT2D eigenvalue weighted by atomic mass is 32.1. The molecule has 0 bridgehead atoms. The van der Waals surface area contributed by atoms with Gasteiger partial charge >= 0.3 is 0 Å². The lowest BCUT2D eigenvalue weighted by Crippen LogP contribution is -2.24. The van der Waals surface area contributed by atoms with Crippen molar-refractivity contribution in [2.75, 3.05) is 0 Å². The fourth-order valence-corrected chi connectivity index (χ4v) is 4.42. The monoisotopic (exact) mass is 362 g/mol. The molecular weight excluding hydrogens is 340 g/mol. The highest BCUT2D eigenvalue weighted by molar-refractivity contribution is 7.11. The van der Waals surface area contributed by atoms with Crippen LogP contribution >= 0.6 is 11.3 Å². The molecule has 0 saturated carbocycles. The lowest BCUT2D eigenvalue weighted by molar-refractivity contribution is 0.197. The summed E-state index contributed by atoms with van der Waals surface area (Å²) in [6.45, 7) is 4.15. The summed E-state index contributed by atoms with van der Waals surface area (Å²) >= 11 is 1.64. The number of para-hydroxylation sites is 1. The highest BCUT2D eigenvalue weighted by Gasteiger charge is 2.35. The predicted molar refractivity (Wildman–Crippen MR) is 108 cm³/mol. The van der Waals surface area contributed by atoms with Crippen LogP contribution in [-0.4, -0.2) is 11.2 Å². The first-order valence-corrected chi connectivity index (χ1v) is 9.87. The van der Waals surface area contributed by atoms with E-state index in [1.54, 1.807) is 11.3 Å². The van der Waals surface area contributed by atoms with Gasteiger partial charge in [-0.3, -0.25) is 0 Å². The zero-order valence-corrected chi connectivity index (χ0v) is 15.8. The van der Waals surface area contributed by atoms with Crippen molar-refractivity contribution in [1.29, 1.82) is 0 Å². The van der Waals surface area contributed by atoms with Crippen molar-refractivity contribution in [1.82, 2.24) is 0 Å². The van der Waals surface area contributed by atoms with Crippen LogP contribution in [0.25, 0.3) is 5.76 Å². The molecule has 0 unspecified atom stereocenters. The van der Waals surface area contributed by atoms with E-state index >= 15 is 0 Å². The number of hydrogen-bond donors (Lipinski definition) is 1. The van der Waals surface area contributed by atoms with Crippen LogP contribution in [0, 0.1) is 6.92 Å².